The molecule has 0 unspecified atom stereocenters. The molecule has 1 aromatic carbocycles. The first-order valence-electron chi connectivity index (χ1n) is 5.14. The number of ether oxygens (including phenoxy) is 1. The number of benzene rings is 1. The first-order valence-corrected chi connectivity index (χ1v) is 6.75. The zero-order valence-electron chi connectivity index (χ0n) is 9.64. The largest absolute Gasteiger partial charge is 0.483 e. The number of hydrogen-bond donors (Lipinski definition) is 0. The lowest BCUT2D eigenvalue weighted by Gasteiger charge is -2.29. The normalized spacial score (nSPS) is 17.8. The van der Waals surface area contributed by atoms with Gasteiger partial charge in [0.1, 0.15) is 11.4 Å². The average Bonchev–Trinajstić information content (AvgIpc) is 2.15. The van der Waals surface area contributed by atoms with Crippen molar-refractivity contribution in [3.8, 4) is 5.75 Å². The number of thioether (sulfide) groups is 1. The van der Waals surface area contributed by atoms with E-state index in [2.05, 4.69) is 15.9 Å². The molecular formula is C12H10BrF3OS. The summed E-state index contributed by atoms with van der Waals surface area (Å²) in [5.41, 5.74) is -4.10. The summed E-state index contributed by atoms with van der Waals surface area (Å²) in [6.07, 6.45) is 1.83. The summed E-state index contributed by atoms with van der Waals surface area (Å²) in [7, 11) is 0. The Labute approximate surface area is 116 Å². The van der Waals surface area contributed by atoms with Crippen LogP contribution < -0.4 is 4.74 Å². The van der Waals surface area contributed by atoms with Gasteiger partial charge in [-0.1, -0.05) is 15.9 Å². The molecule has 0 amide bonds. The molecule has 0 fully saturated rings. The summed E-state index contributed by atoms with van der Waals surface area (Å²) < 4.78 is 43.3. The van der Waals surface area contributed by atoms with Gasteiger partial charge in [-0.25, -0.2) is 0 Å². The predicted molar refractivity (Wildman–Crippen MR) is 70.0 cm³/mol. The lowest BCUT2D eigenvalue weighted by molar-refractivity contribution is -0.0328. The first kappa shape index (κ1) is 13.8. The molecule has 0 atom stereocenters. The maximum atomic E-state index is 12.3. The van der Waals surface area contributed by atoms with Crippen LogP contribution in [0.2, 0.25) is 0 Å². The van der Waals surface area contributed by atoms with E-state index < -0.39 is 11.1 Å². The van der Waals surface area contributed by atoms with Crippen LogP contribution in [0.1, 0.15) is 19.4 Å². The van der Waals surface area contributed by atoms with Gasteiger partial charge in [0.05, 0.1) is 0 Å². The van der Waals surface area contributed by atoms with Gasteiger partial charge in [-0.15, -0.1) is 0 Å². The van der Waals surface area contributed by atoms with E-state index in [-0.39, 0.29) is 16.7 Å². The van der Waals surface area contributed by atoms with Crippen LogP contribution in [0.3, 0.4) is 0 Å². The van der Waals surface area contributed by atoms with Gasteiger partial charge in [-0.05, 0) is 49.9 Å². The fourth-order valence-electron chi connectivity index (χ4n) is 1.68. The first-order chi connectivity index (χ1) is 8.16. The molecule has 0 radical (unpaired) electrons. The van der Waals surface area contributed by atoms with E-state index >= 15 is 0 Å². The Bertz CT molecular complexity index is 509. The second-order valence-corrected chi connectivity index (χ2v) is 6.40. The molecule has 1 aliphatic heterocycles. The molecular weight excluding hydrogens is 329 g/mol. The monoisotopic (exact) mass is 338 g/mol. The topological polar surface area (TPSA) is 9.23 Å². The Morgan fingerprint density at radius 2 is 1.94 bits per heavy atom. The van der Waals surface area contributed by atoms with Crippen molar-refractivity contribution < 1.29 is 17.9 Å². The van der Waals surface area contributed by atoms with Crippen molar-refractivity contribution in [1.29, 1.82) is 0 Å². The quantitative estimate of drug-likeness (QED) is 0.650. The Hall–Kier alpha value is -0.620. The lowest BCUT2D eigenvalue weighted by atomic mass is 10.0. The number of rotatable bonds is 1. The van der Waals surface area contributed by atoms with Gasteiger partial charge in [0.15, 0.2) is 0 Å². The van der Waals surface area contributed by atoms with Crippen molar-refractivity contribution in [3.63, 3.8) is 0 Å². The Morgan fingerprint density at radius 3 is 2.56 bits per heavy atom. The number of hydrogen-bond acceptors (Lipinski definition) is 2. The molecule has 1 nitrogen and oxygen atoms in total. The minimum atomic E-state index is -4.28. The molecule has 1 heterocycles. The molecule has 1 aliphatic rings. The van der Waals surface area contributed by atoms with Gasteiger partial charge in [0, 0.05) is 14.9 Å². The predicted octanol–water partition coefficient (Wildman–Crippen LogP) is 5.21. The lowest BCUT2D eigenvalue weighted by Crippen LogP contribution is -2.28. The van der Waals surface area contributed by atoms with Gasteiger partial charge in [-0.3, -0.25) is 0 Å². The number of fused-ring (bicyclic) bond motifs is 1. The van der Waals surface area contributed by atoms with Crippen molar-refractivity contribution in [1.82, 2.24) is 0 Å². The van der Waals surface area contributed by atoms with Crippen molar-refractivity contribution in [3.05, 3.63) is 29.8 Å². The maximum absolute atomic E-state index is 12.3. The number of halogens is 4. The van der Waals surface area contributed by atoms with E-state index in [1.165, 1.54) is 12.1 Å². The third kappa shape index (κ3) is 3.23. The Balaban J connectivity index is 2.37. The molecule has 0 saturated heterocycles. The number of alkyl halides is 3. The van der Waals surface area contributed by atoms with E-state index in [4.69, 9.17) is 4.74 Å². The molecule has 0 N–H and O–H groups in total. The maximum Gasteiger partial charge on any atom is 0.446 e. The van der Waals surface area contributed by atoms with E-state index in [0.717, 1.165) is 4.48 Å². The Morgan fingerprint density at radius 1 is 1.28 bits per heavy atom. The van der Waals surface area contributed by atoms with Crippen molar-refractivity contribution >= 4 is 32.2 Å². The zero-order valence-corrected chi connectivity index (χ0v) is 12.0. The highest BCUT2D eigenvalue weighted by Gasteiger charge is 2.31. The van der Waals surface area contributed by atoms with Crippen LogP contribution in [0.5, 0.6) is 5.75 Å². The highest BCUT2D eigenvalue weighted by molar-refractivity contribution is 9.15. The molecule has 0 bridgehead atoms. The molecule has 6 heteroatoms. The fourth-order valence-corrected chi connectivity index (χ4v) is 3.12. The minimum Gasteiger partial charge on any atom is -0.483 e. The van der Waals surface area contributed by atoms with Crippen molar-refractivity contribution in [2.75, 3.05) is 0 Å². The van der Waals surface area contributed by atoms with Crippen LogP contribution in [0, 0.1) is 0 Å². The van der Waals surface area contributed by atoms with Gasteiger partial charge in [-0.2, -0.15) is 13.2 Å². The molecule has 0 saturated carbocycles. The molecule has 1 aromatic rings. The second kappa shape index (κ2) is 4.49. The van der Waals surface area contributed by atoms with Gasteiger partial charge >= 0.3 is 5.51 Å². The van der Waals surface area contributed by atoms with E-state index in [9.17, 15) is 13.2 Å². The second-order valence-electron chi connectivity index (χ2n) is 4.40. The fraction of sp³-hybridized carbons (Fsp3) is 0.333. The summed E-state index contributed by atoms with van der Waals surface area (Å²) in [6, 6.07) is 4.46. The third-order valence-corrected chi connectivity index (χ3v) is 3.67. The summed E-state index contributed by atoms with van der Waals surface area (Å²) in [6.45, 7) is 3.77. The molecule has 0 spiro atoms. The highest BCUT2D eigenvalue weighted by atomic mass is 79.9. The van der Waals surface area contributed by atoms with Crippen molar-refractivity contribution in [2.24, 2.45) is 0 Å². The SMILES string of the molecule is CC1(C)C=C(Br)c2cc(SC(F)(F)F)ccc2O1. The van der Waals surface area contributed by atoms with Crippen LogP contribution in [-0.4, -0.2) is 11.1 Å². The third-order valence-electron chi connectivity index (χ3n) is 2.29. The molecule has 2 rings (SSSR count). The molecule has 0 aliphatic carbocycles. The van der Waals surface area contributed by atoms with Crippen LogP contribution >= 0.6 is 27.7 Å². The summed E-state index contributed by atoms with van der Waals surface area (Å²) >= 11 is 3.24. The summed E-state index contributed by atoms with van der Waals surface area (Å²) in [4.78, 5) is 0.148. The van der Waals surface area contributed by atoms with Crippen LogP contribution in [0.15, 0.2) is 29.2 Å². The molecule has 0 aromatic heterocycles. The minimum absolute atomic E-state index is 0.128. The van der Waals surface area contributed by atoms with Gasteiger partial charge in [0.25, 0.3) is 0 Å². The van der Waals surface area contributed by atoms with Crippen LogP contribution in [0.25, 0.3) is 4.48 Å². The zero-order chi connectivity index (χ0) is 13.6. The van der Waals surface area contributed by atoms with Gasteiger partial charge < -0.3 is 4.74 Å². The van der Waals surface area contributed by atoms with E-state index in [1.807, 2.05) is 19.9 Å². The van der Waals surface area contributed by atoms with Crippen LogP contribution in [0.4, 0.5) is 13.2 Å². The summed E-state index contributed by atoms with van der Waals surface area (Å²) in [5, 5.41) is 0. The van der Waals surface area contributed by atoms with Crippen molar-refractivity contribution in [2.45, 2.75) is 29.9 Å². The molecule has 98 valence electrons. The average molecular weight is 339 g/mol. The smallest absolute Gasteiger partial charge is 0.446 e. The summed E-state index contributed by atoms with van der Waals surface area (Å²) in [5.74, 6) is 0.584. The standard InChI is InChI=1S/C12H10BrF3OS/c1-11(2)6-9(13)8-5-7(18-12(14,15)16)3-4-10(8)17-11/h3-6H,1-2H3. The molecule has 18 heavy (non-hydrogen) atoms. The van der Waals surface area contributed by atoms with Crippen LogP contribution in [-0.2, 0) is 0 Å². The Kier molecular flexibility index (Phi) is 3.44. The van der Waals surface area contributed by atoms with E-state index in [0.29, 0.717) is 11.3 Å². The van der Waals surface area contributed by atoms with Gasteiger partial charge in [0.2, 0.25) is 0 Å². The van der Waals surface area contributed by atoms with E-state index in [1.54, 1.807) is 6.07 Å². The highest BCUT2D eigenvalue weighted by Crippen LogP contribution is 2.43.